The molecule has 5 nitrogen and oxygen atoms in total. The Kier molecular flexibility index (Phi) is 4.98. The molecule has 1 aliphatic heterocycles. The van der Waals surface area contributed by atoms with Crippen molar-refractivity contribution in [1.29, 1.82) is 0 Å². The molecular weight excluding hydrogens is 330 g/mol. The average molecular weight is 353 g/mol. The number of benzene rings is 1. The third-order valence-corrected chi connectivity index (χ3v) is 4.32. The molecule has 0 saturated carbocycles. The van der Waals surface area contributed by atoms with Crippen molar-refractivity contribution in [3.8, 4) is 11.5 Å². The first-order valence-corrected chi connectivity index (χ1v) is 8.85. The Morgan fingerprint density at radius 3 is 2.69 bits per heavy atom. The minimum absolute atomic E-state index is 0.0478. The van der Waals surface area contributed by atoms with Crippen LogP contribution in [-0.2, 0) is 17.7 Å². The number of furan rings is 1. The summed E-state index contributed by atoms with van der Waals surface area (Å²) in [6.45, 7) is 6.96. The summed E-state index contributed by atoms with van der Waals surface area (Å²) in [5.41, 5.74) is 3.47. The lowest BCUT2D eigenvalue weighted by Gasteiger charge is -2.18. The van der Waals surface area contributed by atoms with Gasteiger partial charge in [-0.05, 0) is 25.0 Å². The number of rotatable bonds is 1. The summed E-state index contributed by atoms with van der Waals surface area (Å²) >= 11 is 0. The number of hydrogen-bond acceptors (Lipinski definition) is 4. The molecule has 0 radical (unpaired) electrons. The third kappa shape index (κ3) is 3.05. The van der Waals surface area contributed by atoms with Crippen LogP contribution in [0.4, 0.5) is 0 Å². The number of nitrogens with zero attached hydrogens (tertiary/aromatic N) is 1. The number of ether oxygens (including phenoxy) is 1. The highest BCUT2D eigenvalue weighted by Gasteiger charge is 2.24. The van der Waals surface area contributed by atoms with Crippen molar-refractivity contribution in [3.05, 3.63) is 57.4 Å². The van der Waals surface area contributed by atoms with Gasteiger partial charge in [-0.2, -0.15) is 0 Å². The number of esters is 1. The molecule has 0 fully saturated rings. The first kappa shape index (κ1) is 18.0. The molecule has 136 valence electrons. The number of aryl methyl sites for hydroxylation is 3. The van der Waals surface area contributed by atoms with Crippen molar-refractivity contribution < 1.29 is 13.9 Å². The zero-order valence-electron chi connectivity index (χ0n) is 15.6. The lowest BCUT2D eigenvalue weighted by Crippen LogP contribution is -2.22. The van der Waals surface area contributed by atoms with Crippen molar-refractivity contribution in [2.45, 2.75) is 40.2 Å². The first-order valence-electron chi connectivity index (χ1n) is 8.85. The van der Waals surface area contributed by atoms with Crippen LogP contribution >= 0.6 is 0 Å². The average Bonchev–Trinajstić information content (AvgIpc) is 2.99. The number of hydrogen-bond donors (Lipinski definition) is 0. The number of carbonyl (C=O) groups is 1. The Balaban J connectivity index is 0.000000613. The van der Waals surface area contributed by atoms with E-state index in [4.69, 9.17) is 4.42 Å². The fraction of sp³-hybridized carbons (Fsp3) is 0.333. The Hall–Kier alpha value is -2.82. The van der Waals surface area contributed by atoms with E-state index in [-0.39, 0.29) is 11.0 Å². The highest BCUT2D eigenvalue weighted by molar-refractivity contribution is 5.91. The van der Waals surface area contributed by atoms with Gasteiger partial charge in [0.15, 0.2) is 11.2 Å². The summed E-state index contributed by atoms with van der Waals surface area (Å²) in [6, 6.07) is 7.57. The zero-order chi connectivity index (χ0) is 18.8. The van der Waals surface area contributed by atoms with E-state index in [1.54, 1.807) is 6.20 Å². The number of aromatic nitrogens is 1. The monoisotopic (exact) mass is 353 g/mol. The summed E-state index contributed by atoms with van der Waals surface area (Å²) < 4.78 is 12.5. The van der Waals surface area contributed by atoms with E-state index < -0.39 is 5.97 Å². The van der Waals surface area contributed by atoms with Gasteiger partial charge in [0.05, 0.1) is 12.8 Å². The molecule has 1 aliphatic rings. The molecule has 0 saturated heterocycles. The lowest BCUT2D eigenvalue weighted by molar-refractivity contribution is 0.0598. The molecule has 0 amide bonds. The highest BCUT2D eigenvalue weighted by atomic mass is 16.5. The van der Waals surface area contributed by atoms with Crippen LogP contribution < -0.4 is 5.43 Å². The van der Waals surface area contributed by atoms with Crippen molar-refractivity contribution in [2.75, 3.05) is 7.11 Å². The van der Waals surface area contributed by atoms with Gasteiger partial charge in [0, 0.05) is 29.8 Å². The van der Waals surface area contributed by atoms with E-state index in [0.717, 1.165) is 28.5 Å². The largest absolute Gasteiger partial charge is 0.465 e. The van der Waals surface area contributed by atoms with E-state index in [0.29, 0.717) is 18.0 Å². The molecule has 3 heterocycles. The zero-order valence-corrected chi connectivity index (χ0v) is 15.6. The molecule has 2 aromatic heterocycles. The molecule has 0 unspecified atom stereocenters. The molecule has 0 N–H and O–H groups in total. The summed E-state index contributed by atoms with van der Waals surface area (Å²) in [5.74, 6) is 0.0988. The third-order valence-electron chi connectivity index (χ3n) is 4.32. The van der Waals surface area contributed by atoms with Crippen LogP contribution in [0.25, 0.3) is 22.4 Å². The van der Waals surface area contributed by atoms with Crippen LogP contribution in [0.5, 0.6) is 0 Å². The van der Waals surface area contributed by atoms with Gasteiger partial charge in [0.1, 0.15) is 11.1 Å². The second kappa shape index (κ2) is 7.20. The Labute approximate surface area is 152 Å². The number of carbonyl (C=O) groups excluding carboxylic acids is 1. The van der Waals surface area contributed by atoms with Crippen molar-refractivity contribution in [1.82, 2.24) is 4.57 Å². The molecular formula is C21H23NO4. The smallest absolute Gasteiger partial charge is 0.343 e. The van der Waals surface area contributed by atoms with E-state index in [9.17, 15) is 9.59 Å². The molecule has 26 heavy (non-hydrogen) atoms. The minimum Gasteiger partial charge on any atom is -0.465 e. The van der Waals surface area contributed by atoms with Gasteiger partial charge in [-0.3, -0.25) is 4.79 Å². The van der Waals surface area contributed by atoms with Gasteiger partial charge in [-0.15, -0.1) is 0 Å². The molecule has 4 rings (SSSR count). The summed E-state index contributed by atoms with van der Waals surface area (Å²) in [6.07, 6.45) is 3.60. The second-order valence-electron chi connectivity index (χ2n) is 6.49. The van der Waals surface area contributed by atoms with Crippen molar-refractivity contribution in [2.24, 2.45) is 0 Å². The van der Waals surface area contributed by atoms with Crippen molar-refractivity contribution in [3.63, 3.8) is 0 Å². The SMILES string of the molecule is CCC.COC(=O)c1cn2c(cc1=O)-c1oc3cc(C)ccc3c1CC2. The molecule has 0 aliphatic carbocycles. The molecule has 3 aromatic rings. The Bertz CT molecular complexity index is 1030. The van der Waals surface area contributed by atoms with Crippen LogP contribution in [-0.4, -0.2) is 17.6 Å². The van der Waals surface area contributed by atoms with Crippen molar-refractivity contribution >= 4 is 16.9 Å². The van der Waals surface area contributed by atoms with Crippen LogP contribution in [0.1, 0.15) is 41.8 Å². The maximum Gasteiger partial charge on any atom is 0.343 e. The standard InChI is InChI=1S/C18H15NO4.C3H8/c1-10-3-4-11-12-5-6-19-9-13(18(21)22-2)15(20)8-14(19)17(12)23-16(11)7-10;1-3-2/h3-4,7-9H,5-6H2,1-2H3;3H2,1-2H3. The number of methoxy groups -OCH3 is 1. The van der Waals surface area contributed by atoms with Crippen LogP contribution in [0.2, 0.25) is 0 Å². The minimum atomic E-state index is -0.615. The van der Waals surface area contributed by atoms with E-state index >= 15 is 0 Å². The summed E-state index contributed by atoms with van der Waals surface area (Å²) in [4.78, 5) is 23.9. The predicted octanol–water partition coefficient (Wildman–Crippen LogP) is 4.33. The Morgan fingerprint density at radius 2 is 2.00 bits per heavy atom. The molecule has 0 spiro atoms. The first-order chi connectivity index (χ1) is 12.5. The van der Waals surface area contributed by atoms with Gasteiger partial charge in [-0.1, -0.05) is 32.4 Å². The quantitative estimate of drug-likeness (QED) is 0.611. The molecule has 1 aromatic carbocycles. The van der Waals surface area contributed by atoms with Gasteiger partial charge < -0.3 is 13.7 Å². The van der Waals surface area contributed by atoms with E-state index in [1.165, 1.54) is 19.6 Å². The highest BCUT2D eigenvalue weighted by Crippen LogP contribution is 2.37. The maximum atomic E-state index is 12.2. The van der Waals surface area contributed by atoms with Gasteiger partial charge in [0.2, 0.25) is 0 Å². The van der Waals surface area contributed by atoms with Gasteiger partial charge in [0.25, 0.3) is 0 Å². The molecule has 0 bridgehead atoms. The number of fused-ring (bicyclic) bond motifs is 5. The normalized spacial score (nSPS) is 12.0. The summed E-state index contributed by atoms with van der Waals surface area (Å²) in [7, 11) is 1.27. The van der Waals surface area contributed by atoms with E-state index in [1.807, 2.05) is 17.6 Å². The lowest BCUT2D eigenvalue weighted by atomic mass is 10.0. The van der Waals surface area contributed by atoms with E-state index in [2.05, 4.69) is 30.7 Å². The summed E-state index contributed by atoms with van der Waals surface area (Å²) in [5, 5.41) is 1.08. The van der Waals surface area contributed by atoms with Crippen LogP contribution in [0.15, 0.2) is 39.7 Å². The fourth-order valence-corrected chi connectivity index (χ4v) is 3.16. The maximum absolute atomic E-state index is 12.2. The number of pyridine rings is 1. The topological polar surface area (TPSA) is 61.4 Å². The molecule has 0 atom stereocenters. The fourth-order valence-electron chi connectivity index (χ4n) is 3.16. The van der Waals surface area contributed by atoms with Crippen LogP contribution in [0.3, 0.4) is 0 Å². The van der Waals surface area contributed by atoms with Gasteiger partial charge >= 0.3 is 5.97 Å². The molecule has 5 heteroatoms. The van der Waals surface area contributed by atoms with Gasteiger partial charge in [-0.25, -0.2) is 4.79 Å². The van der Waals surface area contributed by atoms with Crippen LogP contribution in [0, 0.1) is 6.92 Å². The second-order valence-corrected chi connectivity index (χ2v) is 6.49. The predicted molar refractivity (Wildman–Crippen MR) is 102 cm³/mol. The Morgan fingerprint density at radius 1 is 1.27 bits per heavy atom.